The van der Waals surface area contributed by atoms with Gasteiger partial charge in [0, 0.05) is 31.3 Å². The van der Waals surface area contributed by atoms with Gasteiger partial charge in [-0.05, 0) is 36.0 Å². The van der Waals surface area contributed by atoms with E-state index in [1.54, 1.807) is 35.2 Å². The number of methoxy groups -OCH3 is 1. The number of benzene rings is 1. The highest BCUT2D eigenvalue weighted by Gasteiger charge is 2.17. The predicted molar refractivity (Wildman–Crippen MR) is 108 cm³/mol. The Labute approximate surface area is 170 Å². The van der Waals surface area contributed by atoms with Crippen LogP contribution in [-0.2, 0) is 4.79 Å². The maximum atomic E-state index is 11.6. The van der Waals surface area contributed by atoms with Gasteiger partial charge in [-0.25, -0.2) is 9.78 Å². The molecule has 0 radical (unpaired) electrons. The smallest absolute Gasteiger partial charge is 0.342 e. The molecule has 0 aliphatic carbocycles. The lowest BCUT2D eigenvalue weighted by Crippen LogP contribution is -2.06. The molecular weight excluding hydrogens is 404 g/mol. The Kier molecular flexibility index (Phi) is 5.96. The summed E-state index contributed by atoms with van der Waals surface area (Å²) in [5.41, 5.74) is 0.622. The summed E-state index contributed by atoms with van der Waals surface area (Å²) in [6, 6.07) is 8.56. The van der Waals surface area contributed by atoms with E-state index in [9.17, 15) is 9.90 Å². The number of thioether (sulfide) groups is 1. The second-order valence-electron chi connectivity index (χ2n) is 5.80. The molecule has 0 aliphatic rings. The lowest BCUT2D eigenvalue weighted by molar-refractivity contribution is -0.131. The highest BCUT2D eigenvalue weighted by atomic mass is 35.5. The summed E-state index contributed by atoms with van der Waals surface area (Å²) in [6.07, 6.45) is 1.43. The van der Waals surface area contributed by atoms with E-state index in [1.807, 2.05) is 14.1 Å². The fourth-order valence-electron chi connectivity index (χ4n) is 2.30. The number of hydrogen-bond donors (Lipinski definition) is 2. The maximum absolute atomic E-state index is 11.6. The number of aromatic amines is 1. The molecule has 0 bridgehead atoms. The Bertz CT molecular complexity index is 1030. The number of rotatable bonds is 7. The van der Waals surface area contributed by atoms with E-state index in [-0.39, 0.29) is 10.1 Å². The molecule has 0 amide bonds. The number of carbonyl (C=O) groups is 1. The lowest BCUT2D eigenvalue weighted by atomic mass is 10.2. The van der Waals surface area contributed by atoms with E-state index < -0.39 is 5.97 Å². The number of nitrogens with zero attached hydrogens (tertiary/aromatic N) is 3. The Morgan fingerprint density at radius 3 is 2.79 bits per heavy atom. The highest BCUT2D eigenvalue weighted by molar-refractivity contribution is 8.04. The monoisotopic (exact) mass is 420 g/mol. The molecular formula is C18H17ClN4O4S. The number of nitrogens with one attached hydrogen (secondary N) is 1. The van der Waals surface area contributed by atoms with E-state index >= 15 is 0 Å². The summed E-state index contributed by atoms with van der Waals surface area (Å²) in [6.45, 7) is 0. The van der Waals surface area contributed by atoms with Crippen molar-refractivity contribution in [3.05, 3.63) is 46.0 Å². The van der Waals surface area contributed by atoms with Crippen LogP contribution in [0.4, 0.5) is 5.88 Å². The standard InChI is InChI=1S/C18H17ClN4O4S/c1-23(2)15-7-5-11(27-15)9-14(17(24)25)28-18-20-16(21-22-18)12-8-10(19)4-6-13(12)26-3/h4-9H,1-3H3,(H,24,25)(H,20,21,22)/b14-9-. The summed E-state index contributed by atoms with van der Waals surface area (Å²) in [5.74, 6) is 0.909. The van der Waals surface area contributed by atoms with Crippen molar-refractivity contribution in [1.82, 2.24) is 15.2 Å². The molecule has 0 spiro atoms. The number of H-pyrrole nitrogens is 1. The molecule has 2 heterocycles. The van der Waals surface area contributed by atoms with Crippen molar-refractivity contribution in [2.24, 2.45) is 0 Å². The molecule has 28 heavy (non-hydrogen) atoms. The fraction of sp³-hybridized carbons (Fsp3) is 0.167. The van der Waals surface area contributed by atoms with Crippen LogP contribution in [-0.4, -0.2) is 47.5 Å². The molecule has 3 rings (SSSR count). The van der Waals surface area contributed by atoms with Gasteiger partial charge in [-0.15, -0.1) is 5.10 Å². The van der Waals surface area contributed by atoms with Gasteiger partial charge in [0.15, 0.2) is 11.7 Å². The van der Waals surface area contributed by atoms with Crippen LogP contribution in [0.25, 0.3) is 17.5 Å². The number of aliphatic carboxylic acids is 1. The summed E-state index contributed by atoms with van der Waals surface area (Å²) in [4.78, 5) is 17.8. The zero-order valence-electron chi connectivity index (χ0n) is 15.3. The van der Waals surface area contributed by atoms with Gasteiger partial charge in [0.2, 0.25) is 5.16 Å². The highest BCUT2D eigenvalue weighted by Crippen LogP contribution is 2.33. The van der Waals surface area contributed by atoms with Crippen molar-refractivity contribution in [3.8, 4) is 17.1 Å². The Balaban J connectivity index is 1.86. The van der Waals surface area contributed by atoms with Crippen LogP contribution in [0.2, 0.25) is 5.02 Å². The molecule has 1 aromatic carbocycles. The van der Waals surface area contributed by atoms with Gasteiger partial charge in [-0.1, -0.05) is 11.6 Å². The number of aromatic nitrogens is 3. The predicted octanol–water partition coefficient (Wildman–Crippen LogP) is 4.01. The van der Waals surface area contributed by atoms with E-state index in [1.165, 1.54) is 13.2 Å². The van der Waals surface area contributed by atoms with Crippen molar-refractivity contribution in [2.45, 2.75) is 5.16 Å². The first-order chi connectivity index (χ1) is 13.4. The summed E-state index contributed by atoms with van der Waals surface area (Å²) in [7, 11) is 5.20. The average Bonchev–Trinajstić information content (AvgIpc) is 3.30. The van der Waals surface area contributed by atoms with Crippen LogP contribution in [0.5, 0.6) is 5.75 Å². The second-order valence-corrected chi connectivity index (χ2v) is 7.24. The number of carboxylic acids is 1. The summed E-state index contributed by atoms with van der Waals surface area (Å²) < 4.78 is 10.9. The molecule has 10 heteroatoms. The quantitative estimate of drug-likeness (QED) is 0.436. The zero-order chi connectivity index (χ0) is 20.3. The third kappa shape index (κ3) is 4.49. The van der Waals surface area contributed by atoms with Gasteiger partial charge in [0.25, 0.3) is 0 Å². The fourth-order valence-corrected chi connectivity index (χ4v) is 3.16. The molecule has 0 aliphatic heterocycles. The number of carboxylic acid groups (broad SMARTS) is 1. The molecule has 0 atom stereocenters. The van der Waals surface area contributed by atoms with Crippen molar-refractivity contribution in [3.63, 3.8) is 0 Å². The molecule has 8 nitrogen and oxygen atoms in total. The van der Waals surface area contributed by atoms with E-state index in [4.69, 9.17) is 20.8 Å². The normalized spacial score (nSPS) is 11.5. The minimum absolute atomic E-state index is 0.0169. The molecule has 0 unspecified atom stereocenters. The minimum atomic E-state index is -1.11. The van der Waals surface area contributed by atoms with Crippen LogP contribution in [0.1, 0.15) is 5.76 Å². The van der Waals surface area contributed by atoms with Gasteiger partial charge >= 0.3 is 5.97 Å². The molecule has 146 valence electrons. The van der Waals surface area contributed by atoms with Crippen LogP contribution in [0.3, 0.4) is 0 Å². The molecule has 0 saturated heterocycles. The van der Waals surface area contributed by atoms with E-state index in [2.05, 4.69) is 15.2 Å². The minimum Gasteiger partial charge on any atom is -0.496 e. The van der Waals surface area contributed by atoms with Crippen molar-refractivity contribution < 1.29 is 19.1 Å². The number of hydrogen-bond acceptors (Lipinski definition) is 7. The van der Waals surface area contributed by atoms with Crippen molar-refractivity contribution >= 4 is 41.3 Å². The Morgan fingerprint density at radius 2 is 2.14 bits per heavy atom. The molecule has 0 fully saturated rings. The molecule has 3 aromatic rings. The van der Waals surface area contributed by atoms with Gasteiger partial charge in [-0.2, -0.15) is 0 Å². The molecule has 2 N–H and O–H groups in total. The van der Waals surface area contributed by atoms with Crippen LogP contribution >= 0.6 is 23.4 Å². The first-order valence-electron chi connectivity index (χ1n) is 8.03. The number of anilines is 1. The molecule has 2 aromatic heterocycles. The first kappa shape index (κ1) is 19.8. The number of ether oxygens (including phenoxy) is 1. The van der Waals surface area contributed by atoms with Crippen LogP contribution < -0.4 is 9.64 Å². The van der Waals surface area contributed by atoms with Crippen molar-refractivity contribution in [1.29, 1.82) is 0 Å². The average molecular weight is 421 g/mol. The van der Waals surface area contributed by atoms with Gasteiger partial charge in [0.05, 0.1) is 12.7 Å². The topological polar surface area (TPSA) is 104 Å². The lowest BCUT2D eigenvalue weighted by Gasteiger charge is -2.06. The molecule has 0 saturated carbocycles. The Hall–Kier alpha value is -2.91. The van der Waals surface area contributed by atoms with Gasteiger partial charge in [0.1, 0.15) is 16.4 Å². The largest absolute Gasteiger partial charge is 0.496 e. The van der Waals surface area contributed by atoms with E-state index in [0.29, 0.717) is 33.8 Å². The van der Waals surface area contributed by atoms with Crippen LogP contribution in [0.15, 0.2) is 44.8 Å². The Morgan fingerprint density at radius 1 is 1.36 bits per heavy atom. The van der Waals surface area contributed by atoms with Gasteiger partial charge in [-0.3, -0.25) is 5.10 Å². The summed E-state index contributed by atoms with van der Waals surface area (Å²) >= 11 is 6.95. The SMILES string of the molecule is COc1ccc(Cl)cc1-c1nc(S/C(=C\c2ccc(N(C)C)o2)C(=O)O)n[nH]1. The first-order valence-corrected chi connectivity index (χ1v) is 9.23. The number of halogens is 1. The third-order valence-electron chi connectivity index (χ3n) is 3.62. The third-order valence-corrected chi connectivity index (χ3v) is 4.73. The zero-order valence-corrected chi connectivity index (χ0v) is 16.8. The van der Waals surface area contributed by atoms with Gasteiger partial charge < -0.3 is 19.2 Å². The number of furan rings is 1. The van der Waals surface area contributed by atoms with E-state index in [0.717, 1.165) is 11.8 Å². The summed E-state index contributed by atoms with van der Waals surface area (Å²) in [5, 5.41) is 17.1. The van der Waals surface area contributed by atoms with Crippen molar-refractivity contribution in [2.75, 3.05) is 26.1 Å². The maximum Gasteiger partial charge on any atom is 0.342 e. The second kappa shape index (κ2) is 8.41. The van der Waals surface area contributed by atoms with Crippen LogP contribution in [0, 0.1) is 0 Å².